The second-order valence-electron chi connectivity index (χ2n) is 10.5. The van der Waals surface area contributed by atoms with Crippen molar-refractivity contribution in [1.29, 1.82) is 0 Å². The minimum atomic E-state index is -4.17. The van der Waals surface area contributed by atoms with E-state index in [-0.39, 0.29) is 17.3 Å². The Morgan fingerprint density at radius 3 is 2.02 bits per heavy atom. The molecule has 0 saturated heterocycles. The molecule has 2 amide bonds. The van der Waals surface area contributed by atoms with E-state index >= 15 is 0 Å². The Bertz CT molecular complexity index is 1660. The molecule has 4 aromatic carbocycles. The van der Waals surface area contributed by atoms with Crippen LogP contribution in [0.1, 0.15) is 37.0 Å². The van der Waals surface area contributed by atoms with Crippen LogP contribution in [0.25, 0.3) is 0 Å². The highest BCUT2D eigenvalue weighted by atomic mass is 32.2. The number of carbonyl (C=O) groups excluding carboxylic acids is 2. The molecule has 8 nitrogen and oxygen atoms in total. The number of rotatable bonds is 13. The van der Waals surface area contributed by atoms with Gasteiger partial charge in [0.15, 0.2) is 0 Å². The number of likely N-dealkylation sites (N-methyl/N-ethyl adjacent to an activating group) is 1. The molecule has 0 saturated carbocycles. The Morgan fingerprint density at radius 1 is 0.795 bits per heavy atom. The smallest absolute Gasteiger partial charge is 0.264 e. The summed E-state index contributed by atoms with van der Waals surface area (Å²) in [6.07, 6.45) is 0.361. The number of para-hydroxylation sites is 1. The van der Waals surface area contributed by atoms with Crippen molar-refractivity contribution in [3.05, 3.63) is 120 Å². The molecule has 0 spiro atoms. The zero-order valence-electron chi connectivity index (χ0n) is 25.6. The van der Waals surface area contributed by atoms with Crippen molar-refractivity contribution in [3.63, 3.8) is 0 Å². The van der Waals surface area contributed by atoms with Gasteiger partial charge in [-0.25, -0.2) is 8.42 Å². The second kappa shape index (κ2) is 14.7. The quantitative estimate of drug-likeness (QED) is 0.193. The number of ether oxygens (including phenoxy) is 1. The minimum Gasteiger partial charge on any atom is -0.457 e. The summed E-state index contributed by atoms with van der Waals surface area (Å²) in [4.78, 5) is 28.9. The van der Waals surface area contributed by atoms with Gasteiger partial charge >= 0.3 is 0 Å². The molecule has 1 unspecified atom stereocenters. The van der Waals surface area contributed by atoms with Gasteiger partial charge in [0.2, 0.25) is 11.8 Å². The van der Waals surface area contributed by atoms with E-state index in [4.69, 9.17) is 4.74 Å². The third-order valence-corrected chi connectivity index (χ3v) is 9.12. The lowest BCUT2D eigenvalue weighted by Crippen LogP contribution is -2.52. The predicted octanol–water partition coefficient (Wildman–Crippen LogP) is 6.23. The van der Waals surface area contributed by atoms with E-state index in [1.165, 1.54) is 17.0 Å². The molecular formula is C35H39N3O5S. The van der Waals surface area contributed by atoms with E-state index in [1.807, 2.05) is 82.3 Å². The Labute approximate surface area is 260 Å². The van der Waals surface area contributed by atoms with Crippen LogP contribution < -0.4 is 14.4 Å². The Hall–Kier alpha value is -4.63. The highest BCUT2D eigenvalue weighted by Crippen LogP contribution is 2.29. The van der Waals surface area contributed by atoms with E-state index in [0.29, 0.717) is 30.2 Å². The van der Waals surface area contributed by atoms with Gasteiger partial charge in [0, 0.05) is 13.1 Å². The van der Waals surface area contributed by atoms with Crippen LogP contribution in [0.3, 0.4) is 0 Å². The molecule has 230 valence electrons. The summed E-state index contributed by atoms with van der Waals surface area (Å²) < 4.78 is 35.2. The van der Waals surface area contributed by atoms with E-state index in [9.17, 15) is 18.0 Å². The molecule has 0 radical (unpaired) electrons. The number of aryl methyl sites for hydroxylation is 2. The standard InChI is InChI=1S/C35H39N3O5S/c1-5-33(35(40)36-6-2)37(24-28-13-11-10-12-27(28)4)34(39)25-38(44(41,42)32-22-16-26(3)17-23-32)29-18-20-31(21-19-29)43-30-14-8-7-9-15-30/h7-23,33H,5-6,24-25H2,1-4H3,(H,36,40). The Kier molecular flexibility index (Phi) is 10.8. The lowest BCUT2D eigenvalue weighted by atomic mass is 10.1. The highest BCUT2D eigenvalue weighted by molar-refractivity contribution is 7.92. The van der Waals surface area contributed by atoms with Crippen LogP contribution >= 0.6 is 0 Å². The van der Waals surface area contributed by atoms with Crippen LogP contribution in [-0.2, 0) is 26.2 Å². The highest BCUT2D eigenvalue weighted by Gasteiger charge is 2.33. The molecule has 9 heteroatoms. The molecule has 44 heavy (non-hydrogen) atoms. The Morgan fingerprint density at radius 2 is 1.41 bits per heavy atom. The molecule has 0 aliphatic rings. The first-order valence-electron chi connectivity index (χ1n) is 14.7. The normalized spacial score (nSPS) is 11.8. The van der Waals surface area contributed by atoms with Gasteiger partial charge in [-0.3, -0.25) is 13.9 Å². The van der Waals surface area contributed by atoms with E-state index in [2.05, 4.69) is 5.32 Å². The third kappa shape index (κ3) is 7.85. The first kappa shape index (κ1) is 32.3. The number of sulfonamides is 1. The first-order chi connectivity index (χ1) is 21.1. The molecule has 1 N–H and O–H groups in total. The maximum Gasteiger partial charge on any atom is 0.264 e. The van der Waals surface area contributed by atoms with Crippen molar-refractivity contribution < 1.29 is 22.7 Å². The maximum absolute atomic E-state index is 14.2. The summed E-state index contributed by atoms with van der Waals surface area (Å²) in [5, 5.41) is 2.83. The number of nitrogens with zero attached hydrogens (tertiary/aromatic N) is 2. The molecule has 4 aromatic rings. The summed E-state index contributed by atoms with van der Waals surface area (Å²) in [6.45, 7) is 7.54. The summed E-state index contributed by atoms with van der Waals surface area (Å²) in [5.41, 5.74) is 3.04. The molecule has 0 aromatic heterocycles. The topological polar surface area (TPSA) is 96.0 Å². The number of nitrogens with one attached hydrogen (secondary N) is 1. The minimum absolute atomic E-state index is 0.0572. The summed E-state index contributed by atoms with van der Waals surface area (Å²) in [6, 6.07) is 29.2. The average Bonchev–Trinajstić information content (AvgIpc) is 3.02. The lowest BCUT2D eigenvalue weighted by molar-refractivity contribution is -0.140. The molecule has 4 rings (SSSR count). The molecule has 0 heterocycles. The van der Waals surface area contributed by atoms with Gasteiger partial charge in [-0.1, -0.05) is 67.1 Å². The van der Waals surface area contributed by atoms with Gasteiger partial charge in [0.05, 0.1) is 10.6 Å². The van der Waals surface area contributed by atoms with Gasteiger partial charge < -0.3 is 15.0 Å². The molecule has 0 fully saturated rings. The number of carbonyl (C=O) groups is 2. The van der Waals surface area contributed by atoms with E-state index < -0.39 is 28.5 Å². The number of hydrogen-bond acceptors (Lipinski definition) is 5. The number of hydrogen-bond donors (Lipinski definition) is 1. The van der Waals surface area contributed by atoms with Crippen molar-refractivity contribution in [2.24, 2.45) is 0 Å². The van der Waals surface area contributed by atoms with Crippen LogP contribution in [0.4, 0.5) is 5.69 Å². The van der Waals surface area contributed by atoms with Gasteiger partial charge in [-0.05, 0) is 86.8 Å². The zero-order valence-corrected chi connectivity index (χ0v) is 26.4. The van der Waals surface area contributed by atoms with Crippen molar-refractivity contribution in [2.45, 2.75) is 51.6 Å². The van der Waals surface area contributed by atoms with Gasteiger partial charge in [-0.15, -0.1) is 0 Å². The van der Waals surface area contributed by atoms with Crippen molar-refractivity contribution in [3.8, 4) is 11.5 Å². The fourth-order valence-corrected chi connectivity index (χ4v) is 6.27. The predicted molar refractivity (Wildman–Crippen MR) is 173 cm³/mol. The molecule has 0 aliphatic heterocycles. The number of benzene rings is 4. The van der Waals surface area contributed by atoms with Crippen LogP contribution in [-0.4, -0.2) is 44.3 Å². The van der Waals surface area contributed by atoms with Gasteiger partial charge in [0.1, 0.15) is 24.1 Å². The van der Waals surface area contributed by atoms with E-state index in [1.54, 1.807) is 36.4 Å². The van der Waals surface area contributed by atoms with Crippen LogP contribution in [0, 0.1) is 13.8 Å². The van der Waals surface area contributed by atoms with Crippen LogP contribution in [0.5, 0.6) is 11.5 Å². The van der Waals surface area contributed by atoms with Gasteiger partial charge in [-0.2, -0.15) is 0 Å². The SMILES string of the molecule is CCNC(=O)C(CC)N(Cc1ccccc1C)C(=O)CN(c1ccc(Oc2ccccc2)cc1)S(=O)(=O)c1ccc(C)cc1. The van der Waals surface area contributed by atoms with Gasteiger partial charge in [0.25, 0.3) is 10.0 Å². The molecule has 1 atom stereocenters. The third-order valence-electron chi connectivity index (χ3n) is 7.33. The molecule has 0 bridgehead atoms. The monoisotopic (exact) mass is 613 g/mol. The summed E-state index contributed by atoms with van der Waals surface area (Å²) in [5.74, 6) is 0.378. The van der Waals surface area contributed by atoms with Crippen molar-refractivity contribution >= 4 is 27.5 Å². The zero-order chi connectivity index (χ0) is 31.7. The largest absolute Gasteiger partial charge is 0.457 e. The Balaban J connectivity index is 1.73. The first-order valence-corrected chi connectivity index (χ1v) is 16.1. The molecular weight excluding hydrogens is 574 g/mol. The maximum atomic E-state index is 14.2. The number of amides is 2. The second-order valence-corrected chi connectivity index (χ2v) is 12.4. The fourth-order valence-electron chi connectivity index (χ4n) is 4.85. The number of anilines is 1. The van der Waals surface area contributed by atoms with Crippen LogP contribution in [0.15, 0.2) is 108 Å². The fraction of sp³-hybridized carbons (Fsp3) is 0.257. The average molecular weight is 614 g/mol. The van der Waals surface area contributed by atoms with Crippen molar-refractivity contribution in [1.82, 2.24) is 10.2 Å². The summed E-state index contributed by atoms with van der Waals surface area (Å²) >= 11 is 0. The van der Waals surface area contributed by atoms with Crippen LogP contribution in [0.2, 0.25) is 0 Å². The summed E-state index contributed by atoms with van der Waals surface area (Å²) in [7, 11) is -4.17. The molecule has 0 aliphatic carbocycles. The van der Waals surface area contributed by atoms with Crippen molar-refractivity contribution in [2.75, 3.05) is 17.4 Å². The lowest BCUT2D eigenvalue weighted by Gasteiger charge is -2.33. The van der Waals surface area contributed by atoms with E-state index in [0.717, 1.165) is 21.0 Å².